The molecule has 4 saturated carbocycles. The van der Waals surface area contributed by atoms with E-state index in [1.807, 2.05) is 60.7 Å². The van der Waals surface area contributed by atoms with Crippen molar-refractivity contribution in [2.24, 2.45) is 46.3 Å². The van der Waals surface area contributed by atoms with Crippen LogP contribution in [-0.2, 0) is 37.0 Å². The van der Waals surface area contributed by atoms with Gasteiger partial charge in [-0.2, -0.15) is 0 Å². The van der Waals surface area contributed by atoms with Gasteiger partial charge in [-0.1, -0.05) is 93.0 Å². The lowest BCUT2D eigenvalue weighted by atomic mass is 9.42. The molecule has 8 nitrogen and oxygen atoms in total. The second kappa shape index (κ2) is 14.5. The zero-order valence-corrected chi connectivity index (χ0v) is 29.9. The second-order valence-corrected chi connectivity index (χ2v) is 16.1. The number of esters is 1. The standard InChI is InChI=1S/C40H53ClO8/c1-27(14-17-34(42)46-24-28-10-6-4-7-11-28)31-15-16-32-35-33(18-19-38(31,32)3)37(2)20-21-39(44,48-26-41)22-30(37)23-40(35,45)49-36(43)47-25-29-12-8-5-9-13-29/h4-13,27,30-33,35,44-45H,14-26H2,1-3H3/t27-,30?,31-,32+,33+,35+,37+,38-,39-,40-/m1/s1. The average Bonchev–Trinajstić information content (AvgIpc) is 3.44. The van der Waals surface area contributed by atoms with Crippen LogP contribution in [-0.4, -0.2) is 40.0 Å². The van der Waals surface area contributed by atoms with Gasteiger partial charge in [0.05, 0.1) is 0 Å². The van der Waals surface area contributed by atoms with Crippen molar-refractivity contribution in [2.75, 3.05) is 6.07 Å². The van der Waals surface area contributed by atoms with Gasteiger partial charge in [0.1, 0.15) is 19.3 Å². The van der Waals surface area contributed by atoms with Crippen molar-refractivity contribution >= 4 is 23.7 Å². The van der Waals surface area contributed by atoms with E-state index in [0.717, 1.165) is 49.7 Å². The fourth-order valence-electron chi connectivity index (χ4n) is 10.7. The molecule has 0 radical (unpaired) electrons. The topological polar surface area (TPSA) is 112 Å². The molecule has 0 amide bonds. The first-order valence-electron chi connectivity index (χ1n) is 18.1. The van der Waals surface area contributed by atoms with E-state index in [0.29, 0.717) is 25.2 Å². The van der Waals surface area contributed by atoms with Gasteiger partial charge >= 0.3 is 12.1 Å². The lowest BCUT2D eigenvalue weighted by Crippen LogP contribution is -2.65. The SMILES string of the molecule is C[C@H](CCC(=O)OCc1ccccc1)[C@H]1CC[C@H]2[C@H]3[C@H](CC[C@]12C)[C@@]1(C)CC[C@@](O)(OCCl)CC1C[C@@]3(O)OC(=O)OCc1ccccc1. The number of halogens is 1. The van der Waals surface area contributed by atoms with E-state index in [4.69, 9.17) is 30.5 Å². The molecule has 0 aliphatic heterocycles. The lowest BCUT2D eigenvalue weighted by molar-refractivity contribution is -0.325. The summed E-state index contributed by atoms with van der Waals surface area (Å²) < 4.78 is 22.8. The number of hydrogen-bond donors (Lipinski definition) is 2. The molecule has 268 valence electrons. The van der Waals surface area contributed by atoms with Crippen molar-refractivity contribution in [1.29, 1.82) is 0 Å². The molecule has 0 spiro atoms. The third-order valence-electron chi connectivity index (χ3n) is 13.3. The molecule has 4 fully saturated rings. The van der Waals surface area contributed by atoms with Gasteiger partial charge in [0.25, 0.3) is 0 Å². The first-order chi connectivity index (χ1) is 23.4. The summed E-state index contributed by atoms with van der Waals surface area (Å²) in [6.45, 7) is 7.22. The molecule has 49 heavy (non-hydrogen) atoms. The van der Waals surface area contributed by atoms with Crippen LogP contribution in [0.25, 0.3) is 0 Å². The minimum Gasteiger partial charge on any atom is -0.461 e. The number of alkyl halides is 1. The predicted octanol–water partition coefficient (Wildman–Crippen LogP) is 8.36. The molecule has 0 aromatic heterocycles. The monoisotopic (exact) mass is 696 g/mol. The molecule has 0 heterocycles. The van der Waals surface area contributed by atoms with Gasteiger partial charge in [-0.05, 0) is 90.1 Å². The molecular weight excluding hydrogens is 644 g/mol. The zero-order chi connectivity index (χ0) is 34.9. The van der Waals surface area contributed by atoms with Crippen LogP contribution in [0.3, 0.4) is 0 Å². The number of fused-ring (bicyclic) bond motifs is 5. The smallest absolute Gasteiger partial charge is 0.461 e. The van der Waals surface area contributed by atoms with Crippen LogP contribution >= 0.6 is 11.6 Å². The lowest BCUT2D eigenvalue weighted by Gasteiger charge is -2.65. The summed E-state index contributed by atoms with van der Waals surface area (Å²) >= 11 is 5.91. The van der Waals surface area contributed by atoms with E-state index < -0.39 is 17.7 Å². The number of hydrogen-bond acceptors (Lipinski definition) is 8. The second-order valence-electron chi connectivity index (χ2n) is 15.9. The Labute approximate surface area is 295 Å². The molecule has 9 heteroatoms. The quantitative estimate of drug-likeness (QED) is 0.137. The summed E-state index contributed by atoms with van der Waals surface area (Å²) in [5.41, 5.74) is 1.53. The van der Waals surface area contributed by atoms with Crippen LogP contribution in [0.15, 0.2) is 60.7 Å². The number of carbonyl (C=O) groups excluding carboxylic acids is 2. The van der Waals surface area contributed by atoms with Gasteiger partial charge in [0.15, 0.2) is 5.79 Å². The number of carbonyl (C=O) groups is 2. The summed E-state index contributed by atoms with van der Waals surface area (Å²) in [5.74, 6) is -2.93. The van der Waals surface area contributed by atoms with Crippen molar-refractivity contribution in [1.82, 2.24) is 0 Å². The summed E-state index contributed by atoms with van der Waals surface area (Å²) in [7, 11) is 0. The molecule has 2 N–H and O–H groups in total. The molecule has 4 aliphatic rings. The minimum absolute atomic E-state index is 0.0445. The van der Waals surface area contributed by atoms with Gasteiger partial charge in [-0.25, -0.2) is 4.79 Å². The predicted molar refractivity (Wildman–Crippen MR) is 185 cm³/mol. The summed E-state index contributed by atoms with van der Waals surface area (Å²) in [4.78, 5) is 26.1. The highest BCUT2D eigenvalue weighted by atomic mass is 35.5. The van der Waals surface area contributed by atoms with Gasteiger partial charge in [0, 0.05) is 31.6 Å². The zero-order valence-electron chi connectivity index (χ0n) is 29.2. The van der Waals surface area contributed by atoms with Crippen LogP contribution in [0, 0.1) is 46.3 Å². The van der Waals surface area contributed by atoms with E-state index >= 15 is 0 Å². The Morgan fingerprint density at radius 2 is 1.47 bits per heavy atom. The van der Waals surface area contributed by atoms with Crippen LogP contribution in [0.4, 0.5) is 4.79 Å². The minimum atomic E-state index is -1.77. The van der Waals surface area contributed by atoms with Crippen LogP contribution < -0.4 is 0 Å². The van der Waals surface area contributed by atoms with Crippen LogP contribution in [0.2, 0.25) is 0 Å². The van der Waals surface area contributed by atoms with Crippen molar-refractivity contribution < 1.29 is 38.7 Å². The summed E-state index contributed by atoms with van der Waals surface area (Å²) in [6, 6.07) is 19.0. The third kappa shape index (κ3) is 7.40. The first-order valence-corrected chi connectivity index (χ1v) is 18.7. The van der Waals surface area contributed by atoms with E-state index in [9.17, 15) is 19.8 Å². The Morgan fingerprint density at radius 3 is 2.12 bits per heavy atom. The van der Waals surface area contributed by atoms with Gasteiger partial charge in [-0.3, -0.25) is 4.79 Å². The molecule has 2 aromatic carbocycles. The van der Waals surface area contributed by atoms with Crippen molar-refractivity contribution in [2.45, 2.75) is 110 Å². The van der Waals surface area contributed by atoms with E-state index in [1.165, 1.54) is 0 Å². The summed E-state index contributed by atoms with van der Waals surface area (Å²) in [5, 5.41) is 24.0. The molecule has 1 unspecified atom stereocenters. The third-order valence-corrected chi connectivity index (χ3v) is 13.4. The van der Waals surface area contributed by atoms with Crippen molar-refractivity contribution in [3.05, 3.63) is 71.8 Å². The highest BCUT2D eigenvalue weighted by Crippen LogP contribution is 2.71. The summed E-state index contributed by atoms with van der Waals surface area (Å²) in [6.07, 6.45) is 5.69. The van der Waals surface area contributed by atoms with Gasteiger partial charge in [0.2, 0.25) is 5.79 Å². The number of benzene rings is 2. The van der Waals surface area contributed by atoms with Crippen molar-refractivity contribution in [3.8, 4) is 0 Å². The fourth-order valence-corrected chi connectivity index (χ4v) is 10.9. The average molecular weight is 697 g/mol. The van der Waals surface area contributed by atoms with Gasteiger partial charge < -0.3 is 29.2 Å². The normalized spacial score (nSPS) is 37.2. The molecule has 10 atom stereocenters. The Kier molecular flexibility index (Phi) is 10.7. The fraction of sp³-hybridized carbons (Fsp3) is 0.650. The van der Waals surface area contributed by atoms with E-state index in [2.05, 4.69) is 20.8 Å². The first kappa shape index (κ1) is 36.2. The maximum absolute atomic E-state index is 13.3. The highest BCUT2D eigenvalue weighted by molar-refractivity contribution is 6.17. The molecule has 4 aliphatic carbocycles. The maximum Gasteiger partial charge on any atom is 0.511 e. The van der Waals surface area contributed by atoms with E-state index in [1.54, 1.807) is 0 Å². The molecule has 6 rings (SSSR count). The Morgan fingerprint density at radius 1 is 0.837 bits per heavy atom. The number of aliphatic hydroxyl groups is 2. The number of rotatable bonds is 11. The molecule has 2 aromatic rings. The Balaban J connectivity index is 1.19. The Hall–Kier alpha value is -2.65. The number of ether oxygens (including phenoxy) is 4. The molecule has 0 bridgehead atoms. The van der Waals surface area contributed by atoms with Crippen molar-refractivity contribution in [3.63, 3.8) is 0 Å². The van der Waals surface area contributed by atoms with Crippen LogP contribution in [0.5, 0.6) is 0 Å². The van der Waals surface area contributed by atoms with Crippen LogP contribution in [0.1, 0.15) is 96.1 Å². The largest absolute Gasteiger partial charge is 0.511 e. The Bertz CT molecular complexity index is 1440. The van der Waals surface area contributed by atoms with E-state index in [-0.39, 0.29) is 72.1 Å². The molecule has 0 saturated heterocycles. The highest BCUT2D eigenvalue weighted by Gasteiger charge is 2.69. The maximum atomic E-state index is 13.3. The molecular formula is C40H53ClO8. The van der Waals surface area contributed by atoms with Gasteiger partial charge in [-0.15, -0.1) is 0 Å².